The van der Waals surface area contributed by atoms with Gasteiger partial charge in [-0.15, -0.1) is 0 Å². The van der Waals surface area contributed by atoms with Gasteiger partial charge in [-0.1, -0.05) is 30.3 Å². The number of aromatic nitrogens is 3. The fourth-order valence-electron chi connectivity index (χ4n) is 2.57. The van der Waals surface area contributed by atoms with Crippen molar-refractivity contribution in [3.63, 3.8) is 0 Å². The lowest BCUT2D eigenvalue weighted by Crippen LogP contribution is -2.38. The molecule has 21 heavy (non-hydrogen) atoms. The van der Waals surface area contributed by atoms with E-state index in [1.807, 2.05) is 41.3 Å². The fourth-order valence-corrected chi connectivity index (χ4v) is 2.57. The summed E-state index contributed by atoms with van der Waals surface area (Å²) in [5.41, 5.74) is 1.04. The number of nitrogens with zero attached hydrogens (tertiary/aromatic N) is 4. The van der Waals surface area contributed by atoms with E-state index < -0.39 is 0 Å². The third kappa shape index (κ3) is 3.37. The van der Waals surface area contributed by atoms with Gasteiger partial charge >= 0.3 is 0 Å². The number of carbonyl (C=O) groups is 1. The van der Waals surface area contributed by atoms with Crippen LogP contribution in [0.25, 0.3) is 6.08 Å². The number of rotatable bonds is 3. The first kappa shape index (κ1) is 13.5. The molecule has 1 amide bonds. The summed E-state index contributed by atoms with van der Waals surface area (Å²) in [4.78, 5) is 15.8. The molecule has 0 atom stereocenters. The predicted molar refractivity (Wildman–Crippen MR) is 80.3 cm³/mol. The second kappa shape index (κ2) is 6.35. The van der Waals surface area contributed by atoms with Crippen LogP contribution in [0.2, 0.25) is 0 Å². The van der Waals surface area contributed by atoms with E-state index in [0.717, 1.165) is 31.5 Å². The number of hydrogen-bond donors (Lipinski definition) is 0. The summed E-state index contributed by atoms with van der Waals surface area (Å²) in [6, 6.07) is 10.2. The van der Waals surface area contributed by atoms with E-state index in [0.29, 0.717) is 6.04 Å². The van der Waals surface area contributed by atoms with Crippen molar-refractivity contribution in [1.29, 1.82) is 0 Å². The van der Waals surface area contributed by atoms with Crippen molar-refractivity contribution in [2.75, 3.05) is 13.1 Å². The molecule has 0 radical (unpaired) electrons. The monoisotopic (exact) mass is 282 g/mol. The summed E-state index contributed by atoms with van der Waals surface area (Å²) in [5.74, 6) is 0.0747. The number of likely N-dealkylation sites (tertiary alicyclic amines) is 1. The molecule has 0 unspecified atom stereocenters. The van der Waals surface area contributed by atoms with E-state index in [2.05, 4.69) is 10.2 Å². The first-order valence-corrected chi connectivity index (χ1v) is 7.21. The number of piperidine rings is 1. The third-order valence-electron chi connectivity index (χ3n) is 3.76. The van der Waals surface area contributed by atoms with Crippen LogP contribution in [0.3, 0.4) is 0 Å². The maximum atomic E-state index is 12.2. The topological polar surface area (TPSA) is 51.0 Å². The highest BCUT2D eigenvalue weighted by atomic mass is 16.2. The summed E-state index contributed by atoms with van der Waals surface area (Å²) < 4.78 is 0. The Bertz CT molecular complexity index is 598. The molecular formula is C16H18N4O. The Kier molecular flexibility index (Phi) is 4.09. The fraction of sp³-hybridized carbons (Fsp3) is 0.312. The SMILES string of the molecule is O=C(C=Cc1ccccc1)N1CCC(n2nccn2)CC1. The quantitative estimate of drug-likeness (QED) is 0.811. The van der Waals surface area contributed by atoms with Gasteiger partial charge in [-0.3, -0.25) is 4.79 Å². The summed E-state index contributed by atoms with van der Waals surface area (Å²) in [7, 11) is 0. The van der Waals surface area contributed by atoms with Gasteiger partial charge in [-0.05, 0) is 24.5 Å². The molecule has 2 heterocycles. The van der Waals surface area contributed by atoms with Crippen molar-refractivity contribution < 1.29 is 4.79 Å². The smallest absolute Gasteiger partial charge is 0.246 e. The van der Waals surface area contributed by atoms with Gasteiger partial charge in [0.25, 0.3) is 0 Å². The van der Waals surface area contributed by atoms with Crippen LogP contribution in [0.4, 0.5) is 0 Å². The molecule has 108 valence electrons. The van der Waals surface area contributed by atoms with Crippen LogP contribution in [0.1, 0.15) is 24.4 Å². The van der Waals surface area contributed by atoms with Crippen LogP contribution in [0.15, 0.2) is 48.8 Å². The highest BCUT2D eigenvalue weighted by Crippen LogP contribution is 2.20. The van der Waals surface area contributed by atoms with Crippen LogP contribution in [-0.2, 0) is 4.79 Å². The molecule has 0 bridgehead atoms. The predicted octanol–water partition coefficient (Wildman–Crippen LogP) is 2.16. The average Bonchev–Trinajstić information content (AvgIpc) is 3.08. The summed E-state index contributed by atoms with van der Waals surface area (Å²) in [6.45, 7) is 1.51. The molecule has 5 nitrogen and oxygen atoms in total. The van der Waals surface area contributed by atoms with Gasteiger partial charge in [0.1, 0.15) is 0 Å². The molecule has 1 aliphatic rings. The summed E-state index contributed by atoms with van der Waals surface area (Å²) >= 11 is 0. The molecule has 1 fully saturated rings. The molecule has 3 rings (SSSR count). The van der Waals surface area contributed by atoms with E-state index in [1.54, 1.807) is 23.3 Å². The van der Waals surface area contributed by atoms with Crippen LogP contribution >= 0.6 is 0 Å². The molecular weight excluding hydrogens is 264 g/mol. The van der Waals surface area contributed by atoms with Crippen molar-refractivity contribution >= 4 is 12.0 Å². The lowest BCUT2D eigenvalue weighted by atomic mass is 10.1. The Morgan fingerprint density at radius 2 is 1.76 bits per heavy atom. The molecule has 0 spiro atoms. The Hall–Kier alpha value is -2.43. The Morgan fingerprint density at radius 3 is 2.43 bits per heavy atom. The normalized spacial score (nSPS) is 16.5. The van der Waals surface area contributed by atoms with E-state index in [-0.39, 0.29) is 5.91 Å². The van der Waals surface area contributed by atoms with Crippen molar-refractivity contribution in [3.05, 3.63) is 54.4 Å². The van der Waals surface area contributed by atoms with Gasteiger partial charge in [0, 0.05) is 19.2 Å². The number of amides is 1. The Labute approximate surface area is 123 Å². The van der Waals surface area contributed by atoms with Gasteiger partial charge < -0.3 is 4.90 Å². The highest BCUT2D eigenvalue weighted by molar-refractivity contribution is 5.91. The molecule has 1 saturated heterocycles. The number of hydrogen-bond acceptors (Lipinski definition) is 3. The minimum atomic E-state index is 0.0747. The summed E-state index contributed by atoms with van der Waals surface area (Å²) in [6.07, 6.45) is 8.71. The van der Waals surface area contributed by atoms with Crippen LogP contribution < -0.4 is 0 Å². The van der Waals surface area contributed by atoms with Crippen molar-refractivity contribution in [2.24, 2.45) is 0 Å². The van der Waals surface area contributed by atoms with Crippen LogP contribution in [-0.4, -0.2) is 38.9 Å². The van der Waals surface area contributed by atoms with E-state index in [1.165, 1.54) is 0 Å². The second-order valence-electron chi connectivity index (χ2n) is 5.15. The molecule has 1 aliphatic heterocycles. The van der Waals surface area contributed by atoms with Crippen LogP contribution in [0.5, 0.6) is 0 Å². The molecule has 1 aromatic carbocycles. The standard InChI is InChI=1S/C16H18N4O/c21-16(7-6-14-4-2-1-3-5-14)19-12-8-15(9-13-19)20-17-10-11-18-20/h1-7,10-11,15H,8-9,12-13H2. The maximum absolute atomic E-state index is 12.2. The zero-order chi connectivity index (χ0) is 14.5. The molecule has 0 N–H and O–H groups in total. The largest absolute Gasteiger partial charge is 0.339 e. The second-order valence-corrected chi connectivity index (χ2v) is 5.15. The number of benzene rings is 1. The molecule has 5 heteroatoms. The average molecular weight is 282 g/mol. The Morgan fingerprint density at radius 1 is 1.10 bits per heavy atom. The minimum Gasteiger partial charge on any atom is -0.339 e. The summed E-state index contributed by atoms with van der Waals surface area (Å²) in [5, 5.41) is 8.35. The zero-order valence-corrected chi connectivity index (χ0v) is 11.8. The van der Waals surface area contributed by atoms with Crippen molar-refractivity contribution in [2.45, 2.75) is 18.9 Å². The molecule has 1 aromatic heterocycles. The first-order chi connectivity index (χ1) is 10.3. The highest BCUT2D eigenvalue weighted by Gasteiger charge is 2.23. The van der Waals surface area contributed by atoms with E-state index in [4.69, 9.17) is 0 Å². The Balaban J connectivity index is 1.54. The van der Waals surface area contributed by atoms with E-state index in [9.17, 15) is 4.79 Å². The van der Waals surface area contributed by atoms with E-state index >= 15 is 0 Å². The van der Waals surface area contributed by atoms with Gasteiger partial charge in [0.2, 0.25) is 5.91 Å². The lowest BCUT2D eigenvalue weighted by molar-refractivity contribution is -0.127. The van der Waals surface area contributed by atoms with Gasteiger partial charge in [0.15, 0.2) is 0 Å². The third-order valence-corrected chi connectivity index (χ3v) is 3.76. The maximum Gasteiger partial charge on any atom is 0.246 e. The first-order valence-electron chi connectivity index (χ1n) is 7.21. The van der Waals surface area contributed by atoms with Gasteiger partial charge in [-0.2, -0.15) is 15.0 Å². The van der Waals surface area contributed by atoms with Crippen LogP contribution in [0, 0.1) is 0 Å². The molecule has 0 saturated carbocycles. The molecule has 0 aliphatic carbocycles. The minimum absolute atomic E-state index is 0.0747. The van der Waals surface area contributed by atoms with Gasteiger partial charge in [-0.25, -0.2) is 0 Å². The molecule has 2 aromatic rings. The zero-order valence-electron chi connectivity index (χ0n) is 11.8. The van der Waals surface area contributed by atoms with Crippen molar-refractivity contribution in [1.82, 2.24) is 19.9 Å². The van der Waals surface area contributed by atoms with Crippen molar-refractivity contribution in [3.8, 4) is 0 Å². The lowest BCUT2D eigenvalue weighted by Gasteiger charge is -2.30. The van der Waals surface area contributed by atoms with Gasteiger partial charge in [0.05, 0.1) is 18.4 Å². The number of carbonyl (C=O) groups excluding carboxylic acids is 1.